The first-order valence-electron chi connectivity index (χ1n) is 9.29. The van der Waals surface area contributed by atoms with Crippen LogP contribution in [0, 0.1) is 11.8 Å². The highest BCUT2D eigenvalue weighted by molar-refractivity contribution is 5.95. The minimum absolute atomic E-state index is 0.0349. The van der Waals surface area contributed by atoms with E-state index < -0.39 is 12.1 Å². The Balaban J connectivity index is 2.39. The molecule has 2 N–H and O–H groups in total. The summed E-state index contributed by atoms with van der Waals surface area (Å²) in [7, 11) is 0. The standard InChI is InChI=1S/C22H30O4/c1-2-3-4-5-6-7-8-9-10-11-18-12-16-21(24)20(18)15-13-19(23)14-17-22(25)26/h3-4,6-7,9-10,12-13,15-16,18-20,23H,2,5,8,11,14,17H2,1H3,(H,25,26)/b4-3-,7-6-,10-9-,15-13+/t18-,19-,20-/m0/s1. The molecule has 1 aliphatic rings. The first kappa shape index (κ1) is 21.8. The van der Waals surface area contributed by atoms with E-state index in [0.29, 0.717) is 0 Å². The summed E-state index contributed by atoms with van der Waals surface area (Å²) in [5.41, 5.74) is 0. The molecule has 0 fully saturated rings. The van der Waals surface area contributed by atoms with E-state index in [-0.39, 0.29) is 30.5 Å². The third-order valence-electron chi connectivity index (χ3n) is 4.18. The van der Waals surface area contributed by atoms with Gasteiger partial charge in [0.1, 0.15) is 0 Å². The normalized spacial score (nSPS) is 21.8. The summed E-state index contributed by atoms with van der Waals surface area (Å²) in [4.78, 5) is 22.5. The average Bonchev–Trinajstić information content (AvgIpc) is 2.96. The largest absolute Gasteiger partial charge is 0.481 e. The first-order valence-corrected chi connectivity index (χ1v) is 9.29. The number of allylic oxidation sites excluding steroid dienone is 9. The highest BCUT2D eigenvalue weighted by Gasteiger charge is 2.26. The van der Waals surface area contributed by atoms with Gasteiger partial charge < -0.3 is 10.2 Å². The summed E-state index contributed by atoms with van der Waals surface area (Å²) >= 11 is 0. The Morgan fingerprint density at radius 2 is 1.81 bits per heavy atom. The predicted octanol–water partition coefficient (Wildman–Crippen LogP) is 4.39. The molecule has 1 rings (SSSR count). The Morgan fingerprint density at radius 1 is 1.15 bits per heavy atom. The van der Waals surface area contributed by atoms with Gasteiger partial charge in [-0.3, -0.25) is 9.59 Å². The van der Waals surface area contributed by atoms with E-state index >= 15 is 0 Å². The maximum atomic E-state index is 12.0. The van der Waals surface area contributed by atoms with Crippen molar-refractivity contribution in [3.8, 4) is 0 Å². The quantitative estimate of drug-likeness (QED) is 0.507. The van der Waals surface area contributed by atoms with E-state index in [0.717, 1.165) is 25.7 Å². The molecule has 142 valence electrons. The van der Waals surface area contributed by atoms with E-state index in [2.05, 4.69) is 43.4 Å². The highest BCUT2D eigenvalue weighted by Crippen LogP contribution is 2.27. The second kappa shape index (κ2) is 13.1. The molecular formula is C22H30O4. The minimum Gasteiger partial charge on any atom is -0.481 e. The molecule has 0 aromatic heterocycles. The monoisotopic (exact) mass is 358 g/mol. The van der Waals surface area contributed by atoms with E-state index in [4.69, 9.17) is 5.11 Å². The van der Waals surface area contributed by atoms with Crippen LogP contribution in [0.3, 0.4) is 0 Å². The van der Waals surface area contributed by atoms with Gasteiger partial charge in [0.2, 0.25) is 0 Å². The molecule has 26 heavy (non-hydrogen) atoms. The van der Waals surface area contributed by atoms with Crippen LogP contribution >= 0.6 is 0 Å². The van der Waals surface area contributed by atoms with Gasteiger partial charge >= 0.3 is 5.97 Å². The van der Waals surface area contributed by atoms with Crippen molar-refractivity contribution in [3.63, 3.8) is 0 Å². The number of carboxylic acid groups (broad SMARTS) is 1. The van der Waals surface area contributed by atoms with Crippen LogP contribution < -0.4 is 0 Å². The van der Waals surface area contributed by atoms with Crippen LogP contribution in [0.4, 0.5) is 0 Å². The zero-order valence-electron chi connectivity index (χ0n) is 15.5. The summed E-state index contributed by atoms with van der Waals surface area (Å²) in [5.74, 6) is -1.07. The molecule has 0 amide bonds. The number of aliphatic hydroxyl groups is 1. The Bertz CT molecular complexity index is 581. The molecule has 0 bridgehead atoms. The van der Waals surface area contributed by atoms with Crippen molar-refractivity contribution in [3.05, 3.63) is 60.8 Å². The van der Waals surface area contributed by atoms with Gasteiger partial charge in [0, 0.05) is 12.3 Å². The fraction of sp³-hybridized carbons (Fsp3) is 0.455. The number of carboxylic acids is 1. The van der Waals surface area contributed by atoms with E-state index in [1.165, 1.54) is 0 Å². The summed E-state index contributed by atoms with van der Waals surface area (Å²) < 4.78 is 0. The lowest BCUT2D eigenvalue weighted by molar-refractivity contribution is -0.137. The van der Waals surface area contributed by atoms with Crippen molar-refractivity contribution >= 4 is 11.8 Å². The number of hydrogen-bond donors (Lipinski definition) is 2. The van der Waals surface area contributed by atoms with Crippen LogP contribution in [0.25, 0.3) is 0 Å². The Labute approximate surface area is 156 Å². The van der Waals surface area contributed by atoms with Crippen LogP contribution in [0.15, 0.2) is 60.8 Å². The van der Waals surface area contributed by atoms with Gasteiger partial charge in [-0.1, -0.05) is 61.6 Å². The van der Waals surface area contributed by atoms with Crippen molar-refractivity contribution in [1.29, 1.82) is 0 Å². The van der Waals surface area contributed by atoms with Crippen LogP contribution in [0.1, 0.15) is 45.4 Å². The maximum Gasteiger partial charge on any atom is 0.303 e. The molecule has 4 nitrogen and oxygen atoms in total. The SMILES string of the molecule is CC/C=C\C/C=C\C/C=C\C[C@H]1C=CC(=O)[C@H]1/C=C/[C@H](O)CCC(=O)O. The second-order valence-corrected chi connectivity index (χ2v) is 6.37. The number of carbonyl (C=O) groups excluding carboxylic acids is 1. The zero-order chi connectivity index (χ0) is 19.2. The van der Waals surface area contributed by atoms with E-state index in [9.17, 15) is 14.7 Å². The summed E-state index contributed by atoms with van der Waals surface area (Å²) in [6.45, 7) is 2.12. The number of carbonyl (C=O) groups is 2. The molecule has 0 saturated heterocycles. The number of ketones is 1. The van der Waals surface area contributed by atoms with Crippen molar-refractivity contribution in [1.82, 2.24) is 0 Å². The summed E-state index contributed by atoms with van der Waals surface area (Å²) in [6, 6.07) is 0. The molecule has 0 heterocycles. The molecule has 0 aromatic rings. The lowest BCUT2D eigenvalue weighted by atomic mass is 9.90. The molecule has 0 aliphatic heterocycles. The van der Waals surface area contributed by atoms with Crippen LogP contribution in [-0.2, 0) is 9.59 Å². The molecule has 0 saturated carbocycles. The van der Waals surface area contributed by atoms with E-state index in [1.807, 2.05) is 6.08 Å². The molecule has 0 radical (unpaired) electrons. The highest BCUT2D eigenvalue weighted by atomic mass is 16.4. The predicted molar refractivity (Wildman–Crippen MR) is 105 cm³/mol. The third kappa shape index (κ3) is 9.33. The first-order chi connectivity index (χ1) is 12.5. The number of rotatable bonds is 12. The number of hydrogen-bond acceptors (Lipinski definition) is 3. The average molecular weight is 358 g/mol. The van der Waals surface area contributed by atoms with Gasteiger partial charge in [0.05, 0.1) is 6.10 Å². The van der Waals surface area contributed by atoms with Gasteiger partial charge in [0.15, 0.2) is 5.78 Å². The fourth-order valence-corrected chi connectivity index (χ4v) is 2.70. The lowest BCUT2D eigenvalue weighted by Gasteiger charge is -2.13. The zero-order valence-corrected chi connectivity index (χ0v) is 15.5. The van der Waals surface area contributed by atoms with E-state index in [1.54, 1.807) is 18.2 Å². The van der Waals surface area contributed by atoms with Crippen molar-refractivity contribution in [2.45, 2.75) is 51.6 Å². The molecule has 0 unspecified atom stereocenters. The smallest absolute Gasteiger partial charge is 0.303 e. The number of aliphatic carboxylic acids is 1. The van der Waals surface area contributed by atoms with Gasteiger partial charge in [-0.2, -0.15) is 0 Å². The summed E-state index contributed by atoms with van der Waals surface area (Å²) in [6.07, 6.45) is 22.4. The molecular weight excluding hydrogens is 328 g/mol. The molecule has 1 aliphatic carbocycles. The molecule has 0 aromatic carbocycles. The van der Waals surface area contributed by atoms with Crippen molar-refractivity contribution < 1.29 is 19.8 Å². The van der Waals surface area contributed by atoms with Crippen LogP contribution in [-0.4, -0.2) is 28.1 Å². The van der Waals surface area contributed by atoms with Gasteiger partial charge in [-0.05, 0) is 44.1 Å². The van der Waals surface area contributed by atoms with Gasteiger partial charge in [-0.25, -0.2) is 0 Å². The summed E-state index contributed by atoms with van der Waals surface area (Å²) in [5, 5.41) is 18.4. The third-order valence-corrected chi connectivity index (χ3v) is 4.18. The second-order valence-electron chi connectivity index (χ2n) is 6.37. The van der Waals surface area contributed by atoms with Crippen molar-refractivity contribution in [2.75, 3.05) is 0 Å². The fourth-order valence-electron chi connectivity index (χ4n) is 2.70. The molecule has 4 heteroatoms. The topological polar surface area (TPSA) is 74.6 Å². The van der Waals surface area contributed by atoms with Crippen LogP contribution in [0.2, 0.25) is 0 Å². The molecule has 0 spiro atoms. The Hall–Kier alpha value is -2.20. The van der Waals surface area contributed by atoms with Crippen molar-refractivity contribution in [2.24, 2.45) is 11.8 Å². The maximum absolute atomic E-state index is 12.0. The molecule has 3 atom stereocenters. The minimum atomic E-state index is -0.936. The van der Waals surface area contributed by atoms with Gasteiger partial charge in [0.25, 0.3) is 0 Å². The number of aliphatic hydroxyl groups excluding tert-OH is 1. The van der Waals surface area contributed by atoms with Crippen LogP contribution in [0.5, 0.6) is 0 Å². The Kier molecular flexibility index (Phi) is 11.0. The Morgan fingerprint density at radius 3 is 2.46 bits per heavy atom. The lowest BCUT2D eigenvalue weighted by Crippen LogP contribution is -2.14. The van der Waals surface area contributed by atoms with Gasteiger partial charge in [-0.15, -0.1) is 0 Å².